The Bertz CT molecular complexity index is 1330. The molecule has 35 heavy (non-hydrogen) atoms. The molecule has 1 unspecified atom stereocenters. The molecule has 2 aromatic carbocycles. The van der Waals surface area contributed by atoms with Gasteiger partial charge < -0.3 is 4.74 Å². The number of carbonyl (C=O) groups is 1. The summed E-state index contributed by atoms with van der Waals surface area (Å²) in [6, 6.07) is 7.79. The maximum atomic E-state index is 14.3. The van der Waals surface area contributed by atoms with Crippen molar-refractivity contribution in [1.82, 2.24) is 9.29 Å². The van der Waals surface area contributed by atoms with Gasteiger partial charge in [0.15, 0.2) is 10.9 Å². The first kappa shape index (κ1) is 24.2. The number of fused-ring (bicyclic) bond motifs is 1. The predicted octanol–water partition coefficient (Wildman–Crippen LogP) is 4.57. The first-order valence-corrected chi connectivity index (χ1v) is 13.9. The summed E-state index contributed by atoms with van der Waals surface area (Å²) in [5, 5.41) is 0.231. The number of thiazole rings is 1. The summed E-state index contributed by atoms with van der Waals surface area (Å²) < 4.78 is 61.4. The van der Waals surface area contributed by atoms with E-state index in [1.165, 1.54) is 39.5 Å². The third-order valence-electron chi connectivity index (χ3n) is 6.34. The summed E-state index contributed by atoms with van der Waals surface area (Å²) in [5.74, 6) is -1.92. The van der Waals surface area contributed by atoms with E-state index in [2.05, 4.69) is 4.98 Å². The molecule has 186 valence electrons. The van der Waals surface area contributed by atoms with E-state index in [1.54, 1.807) is 0 Å². The molecule has 0 spiro atoms. The van der Waals surface area contributed by atoms with Gasteiger partial charge in [0.2, 0.25) is 10.0 Å². The predicted molar refractivity (Wildman–Crippen MR) is 129 cm³/mol. The van der Waals surface area contributed by atoms with Gasteiger partial charge in [0.05, 0.1) is 22.2 Å². The van der Waals surface area contributed by atoms with Crippen LogP contribution in [-0.2, 0) is 14.8 Å². The van der Waals surface area contributed by atoms with Crippen molar-refractivity contribution >= 4 is 42.6 Å². The van der Waals surface area contributed by atoms with Crippen molar-refractivity contribution in [3.63, 3.8) is 0 Å². The number of nitrogens with zero attached hydrogens (tertiary/aromatic N) is 3. The van der Waals surface area contributed by atoms with Crippen LogP contribution in [0.15, 0.2) is 41.3 Å². The molecule has 11 heteroatoms. The second kappa shape index (κ2) is 9.88. The Morgan fingerprint density at radius 3 is 2.54 bits per heavy atom. The van der Waals surface area contributed by atoms with Gasteiger partial charge in [-0.3, -0.25) is 9.69 Å². The monoisotopic (exact) mass is 521 g/mol. The SMILES string of the molecule is O=C(c1ccc(S(=O)(=O)N2CCCCC2)cc1)N(CC1CCCO1)c1nc2c(F)cc(F)cc2s1. The van der Waals surface area contributed by atoms with Crippen molar-refractivity contribution in [2.75, 3.05) is 31.1 Å². The molecule has 2 saturated heterocycles. The van der Waals surface area contributed by atoms with Crippen molar-refractivity contribution < 1.29 is 26.7 Å². The second-order valence-corrected chi connectivity index (χ2v) is 11.7. The van der Waals surface area contributed by atoms with Crippen LogP contribution in [-0.4, -0.2) is 56.0 Å². The van der Waals surface area contributed by atoms with Crippen molar-refractivity contribution in [3.05, 3.63) is 53.6 Å². The van der Waals surface area contributed by atoms with Crippen molar-refractivity contribution in [2.24, 2.45) is 0 Å². The van der Waals surface area contributed by atoms with E-state index < -0.39 is 27.6 Å². The molecule has 2 aliphatic heterocycles. The van der Waals surface area contributed by atoms with Crippen molar-refractivity contribution in [1.29, 1.82) is 0 Å². The Labute approximate surface area is 206 Å². The molecule has 0 radical (unpaired) electrons. The molecule has 7 nitrogen and oxygen atoms in total. The molecule has 1 aromatic heterocycles. The largest absolute Gasteiger partial charge is 0.376 e. The molecule has 2 fully saturated rings. The van der Waals surface area contributed by atoms with E-state index in [1.807, 2.05) is 0 Å². The van der Waals surface area contributed by atoms with E-state index in [9.17, 15) is 22.0 Å². The van der Waals surface area contributed by atoms with Gasteiger partial charge in [0.25, 0.3) is 5.91 Å². The smallest absolute Gasteiger partial charge is 0.260 e. The third-order valence-corrected chi connectivity index (χ3v) is 9.28. The number of ether oxygens (including phenoxy) is 1. The lowest BCUT2D eigenvalue weighted by Crippen LogP contribution is -2.37. The molecule has 5 rings (SSSR count). The molecular formula is C24H25F2N3O4S2. The molecule has 0 N–H and O–H groups in total. The molecule has 0 saturated carbocycles. The standard InChI is InChI=1S/C24H25F2N3O4S2/c25-17-13-20(26)22-21(14-17)34-24(27-22)29(15-18-5-4-12-33-18)23(30)16-6-8-19(9-7-16)35(31,32)28-10-2-1-3-11-28/h6-9,13-14,18H,1-5,10-12,15H2. The van der Waals surface area contributed by atoms with E-state index >= 15 is 0 Å². The van der Waals surface area contributed by atoms with Gasteiger partial charge in [-0.15, -0.1) is 0 Å². The Balaban J connectivity index is 1.45. The van der Waals surface area contributed by atoms with Crippen LogP contribution in [0.5, 0.6) is 0 Å². The first-order valence-electron chi connectivity index (χ1n) is 11.6. The van der Waals surface area contributed by atoms with Crippen molar-refractivity contribution in [2.45, 2.75) is 43.1 Å². The number of sulfonamides is 1. The average molecular weight is 522 g/mol. The number of amides is 1. The normalized spacial score (nSPS) is 19.3. The lowest BCUT2D eigenvalue weighted by atomic mass is 10.2. The van der Waals surface area contributed by atoms with E-state index in [0.29, 0.717) is 24.4 Å². The lowest BCUT2D eigenvalue weighted by Gasteiger charge is -2.26. The fourth-order valence-electron chi connectivity index (χ4n) is 4.48. The Kier molecular flexibility index (Phi) is 6.84. The topological polar surface area (TPSA) is 79.8 Å². The van der Waals surface area contributed by atoms with Crippen LogP contribution in [0, 0.1) is 11.6 Å². The number of rotatable bonds is 6. The number of hydrogen-bond donors (Lipinski definition) is 0. The molecule has 1 atom stereocenters. The Hall–Kier alpha value is -2.47. The third kappa shape index (κ3) is 4.95. The number of benzene rings is 2. The summed E-state index contributed by atoms with van der Waals surface area (Å²) >= 11 is 1.02. The summed E-state index contributed by atoms with van der Waals surface area (Å²) in [6.07, 6.45) is 4.12. The van der Waals surface area contributed by atoms with Gasteiger partial charge >= 0.3 is 0 Å². The molecule has 0 aliphatic carbocycles. The Morgan fingerprint density at radius 1 is 1.11 bits per heavy atom. The molecule has 1 amide bonds. The van der Waals surface area contributed by atoms with Gasteiger partial charge in [0.1, 0.15) is 11.3 Å². The molecule has 2 aliphatic rings. The number of halogens is 2. The minimum Gasteiger partial charge on any atom is -0.376 e. The van der Waals surface area contributed by atoms with Gasteiger partial charge in [-0.1, -0.05) is 17.8 Å². The highest BCUT2D eigenvalue weighted by Crippen LogP contribution is 2.33. The number of aromatic nitrogens is 1. The minimum atomic E-state index is -3.62. The highest BCUT2D eigenvalue weighted by Gasteiger charge is 2.29. The van der Waals surface area contributed by atoms with Crippen molar-refractivity contribution in [3.8, 4) is 0 Å². The zero-order valence-electron chi connectivity index (χ0n) is 19.0. The summed E-state index contributed by atoms with van der Waals surface area (Å²) in [4.78, 5) is 19.4. The van der Waals surface area contributed by atoms with Crippen LogP contribution in [0.25, 0.3) is 10.2 Å². The van der Waals surface area contributed by atoms with Crippen LogP contribution in [0.3, 0.4) is 0 Å². The van der Waals surface area contributed by atoms with Crippen LogP contribution in [0.1, 0.15) is 42.5 Å². The molecule has 3 heterocycles. The van der Waals surface area contributed by atoms with Crippen LogP contribution >= 0.6 is 11.3 Å². The van der Waals surface area contributed by atoms with Gasteiger partial charge in [0, 0.05) is 31.3 Å². The molecule has 3 aromatic rings. The summed E-state index contributed by atoms with van der Waals surface area (Å²) in [6.45, 7) is 1.78. The van der Waals surface area contributed by atoms with Crippen LogP contribution in [0.2, 0.25) is 0 Å². The number of anilines is 1. The maximum absolute atomic E-state index is 14.3. The molecule has 0 bridgehead atoms. The molecular weight excluding hydrogens is 496 g/mol. The van der Waals surface area contributed by atoms with E-state index in [0.717, 1.165) is 49.5 Å². The maximum Gasteiger partial charge on any atom is 0.260 e. The summed E-state index contributed by atoms with van der Waals surface area (Å²) in [7, 11) is -3.62. The zero-order valence-corrected chi connectivity index (χ0v) is 20.6. The van der Waals surface area contributed by atoms with Gasteiger partial charge in [-0.25, -0.2) is 22.2 Å². The van der Waals surface area contributed by atoms with Crippen LogP contribution in [0.4, 0.5) is 13.9 Å². The zero-order chi connectivity index (χ0) is 24.6. The first-order chi connectivity index (χ1) is 16.8. The van der Waals surface area contributed by atoms with E-state index in [4.69, 9.17) is 4.74 Å². The van der Waals surface area contributed by atoms with Crippen LogP contribution < -0.4 is 4.90 Å². The highest BCUT2D eigenvalue weighted by molar-refractivity contribution is 7.89. The Morgan fingerprint density at radius 2 is 1.86 bits per heavy atom. The second-order valence-electron chi connectivity index (χ2n) is 8.77. The van der Waals surface area contributed by atoms with E-state index in [-0.39, 0.29) is 33.8 Å². The fourth-order valence-corrected chi connectivity index (χ4v) is 7.01. The fraction of sp³-hybridized carbons (Fsp3) is 0.417. The average Bonchev–Trinajstić information content (AvgIpc) is 3.53. The van der Waals surface area contributed by atoms with Gasteiger partial charge in [-0.05, 0) is 56.0 Å². The summed E-state index contributed by atoms with van der Waals surface area (Å²) in [5.41, 5.74) is 0.269. The minimum absolute atomic E-state index is 0.000451. The quantitative estimate of drug-likeness (QED) is 0.475. The number of hydrogen-bond acceptors (Lipinski definition) is 6. The highest BCUT2D eigenvalue weighted by atomic mass is 32.2. The van der Waals surface area contributed by atoms with Gasteiger partial charge in [-0.2, -0.15) is 4.31 Å². The number of carbonyl (C=O) groups excluding carboxylic acids is 1. The lowest BCUT2D eigenvalue weighted by molar-refractivity contribution is 0.0917. The number of piperidine rings is 1.